The van der Waals surface area contributed by atoms with E-state index in [1.807, 2.05) is 0 Å². The summed E-state index contributed by atoms with van der Waals surface area (Å²) in [5.41, 5.74) is -0.126. The van der Waals surface area contributed by atoms with Crippen molar-refractivity contribution in [1.82, 2.24) is 0 Å². The Kier molecular flexibility index (Phi) is 5.39. The summed E-state index contributed by atoms with van der Waals surface area (Å²) in [5.74, 6) is 2.08. The van der Waals surface area contributed by atoms with Gasteiger partial charge in [0.15, 0.2) is 0 Å². The molecular weight excluding hydrogens is 244 g/mol. The SMILES string of the molecule is CC(C)C(C)(C)C(C)(O)CC1CCC(C(C)(C)C)CC1. The molecule has 1 atom stereocenters. The van der Waals surface area contributed by atoms with Crippen molar-refractivity contribution < 1.29 is 5.11 Å². The third kappa shape index (κ3) is 4.00. The molecule has 0 radical (unpaired) electrons. The van der Waals surface area contributed by atoms with Gasteiger partial charge in [0.2, 0.25) is 0 Å². The first-order valence-corrected chi connectivity index (χ1v) is 8.60. The molecule has 1 aliphatic carbocycles. The maximum absolute atomic E-state index is 11.0. The normalized spacial score (nSPS) is 28.5. The Balaban J connectivity index is 2.60. The topological polar surface area (TPSA) is 20.2 Å². The number of hydrogen-bond acceptors (Lipinski definition) is 1. The zero-order valence-corrected chi connectivity index (χ0v) is 15.2. The summed E-state index contributed by atoms with van der Waals surface area (Å²) >= 11 is 0. The van der Waals surface area contributed by atoms with Crippen molar-refractivity contribution in [3.63, 3.8) is 0 Å². The zero-order valence-electron chi connectivity index (χ0n) is 15.2. The van der Waals surface area contributed by atoms with E-state index in [0.717, 1.165) is 12.3 Å². The van der Waals surface area contributed by atoms with Crippen molar-refractivity contribution in [2.45, 2.75) is 93.1 Å². The summed E-state index contributed by atoms with van der Waals surface area (Å²) in [6.45, 7) is 18.1. The van der Waals surface area contributed by atoms with Crippen LogP contribution in [0.4, 0.5) is 0 Å². The monoisotopic (exact) mass is 282 g/mol. The molecule has 0 heterocycles. The van der Waals surface area contributed by atoms with E-state index in [9.17, 15) is 5.11 Å². The average molecular weight is 283 g/mol. The highest BCUT2D eigenvalue weighted by Crippen LogP contribution is 2.46. The molecule has 0 aromatic heterocycles. The van der Waals surface area contributed by atoms with Crippen LogP contribution in [0.3, 0.4) is 0 Å². The maximum Gasteiger partial charge on any atom is 0.0675 e. The van der Waals surface area contributed by atoms with Gasteiger partial charge in [-0.05, 0) is 54.8 Å². The summed E-state index contributed by atoms with van der Waals surface area (Å²) in [7, 11) is 0. The van der Waals surface area contributed by atoms with Crippen LogP contribution in [0.1, 0.15) is 87.5 Å². The Labute approximate surface area is 127 Å². The standard InChI is InChI=1S/C19H38O/c1-14(2)18(6,7)19(8,20)13-15-9-11-16(12-10-15)17(3,4)5/h14-16,20H,9-13H2,1-8H3. The molecule has 1 fully saturated rings. The average Bonchev–Trinajstić information content (AvgIpc) is 2.27. The van der Waals surface area contributed by atoms with Crippen LogP contribution in [0.25, 0.3) is 0 Å². The lowest BCUT2D eigenvalue weighted by atomic mass is 9.62. The summed E-state index contributed by atoms with van der Waals surface area (Å²) in [4.78, 5) is 0. The zero-order chi connectivity index (χ0) is 15.8. The first-order valence-electron chi connectivity index (χ1n) is 8.60. The van der Waals surface area contributed by atoms with Gasteiger partial charge in [-0.1, -0.05) is 61.3 Å². The molecule has 0 aromatic rings. The minimum atomic E-state index is -0.555. The molecular formula is C19H38O. The summed E-state index contributed by atoms with van der Waals surface area (Å²) in [6, 6.07) is 0. The van der Waals surface area contributed by atoms with Crippen LogP contribution in [0, 0.1) is 28.6 Å². The Morgan fingerprint density at radius 3 is 1.70 bits per heavy atom. The number of hydrogen-bond donors (Lipinski definition) is 1. The maximum atomic E-state index is 11.0. The summed E-state index contributed by atoms with van der Waals surface area (Å²) in [5, 5.41) is 11.0. The van der Waals surface area contributed by atoms with Gasteiger partial charge in [0.25, 0.3) is 0 Å². The minimum Gasteiger partial charge on any atom is -0.390 e. The van der Waals surface area contributed by atoms with Gasteiger partial charge in [-0.2, -0.15) is 0 Å². The summed E-state index contributed by atoms with van der Waals surface area (Å²) < 4.78 is 0. The van der Waals surface area contributed by atoms with Crippen LogP contribution in [0.2, 0.25) is 0 Å². The van der Waals surface area contributed by atoms with E-state index < -0.39 is 5.60 Å². The predicted octanol–water partition coefficient (Wildman–Crippen LogP) is 5.66. The molecule has 1 N–H and O–H groups in total. The van der Waals surface area contributed by atoms with E-state index in [1.165, 1.54) is 25.7 Å². The Bertz CT molecular complexity index is 298. The van der Waals surface area contributed by atoms with Gasteiger partial charge in [-0.3, -0.25) is 0 Å². The fourth-order valence-corrected chi connectivity index (χ4v) is 3.68. The molecule has 1 unspecified atom stereocenters. The molecule has 1 nitrogen and oxygen atoms in total. The molecule has 1 heteroatoms. The van der Waals surface area contributed by atoms with Crippen molar-refractivity contribution in [2.24, 2.45) is 28.6 Å². The Hall–Kier alpha value is -0.0400. The van der Waals surface area contributed by atoms with Crippen molar-refractivity contribution in [1.29, 1.82) is 0 Å². The highest BCUT2D eigenvalue weighted by atomic mass is 16.3. The van der Waals surface area contributed by atoms with E-state index in [1.54, 1.807) is 0 Å². The first kappa shape index (κ1) is 18.0. The van der Waals surface area contributed by atoms with Gasteiger partial charge >= 0.3 is 0 Å². The van der Waals surface area contributed by atoms with Crippen LogP contribution in [0.5, 0.6) is 0 Å². The van der Waals surface area contributed by atoms with Crippen LogP contribution >= 0.6 is 0 Å². The summed E-state index contributed by atoms with van der Waals surface area (Å²) in [6.07, 6.45) is 6.24. The lowest BCUT2D eigenvalue weighted by molar-refractivity contribution is -0.0954. The fraction of sp³-hybridized carbons (Fsp3) is 1.00. The number of rotatable bonds is 4. The van der Waals surface area contributed by atoms with Gasteiger partial charge < -0.3 is 5.11 Å². The van der Waals surface area contributed by atoms with Crippen molar-refractivity contribution >= 4 is 0 Å². The van der Waals surface area contributed by atoms with Crippen molar-refractivity contribution in [3.8, 4) is 0 Å². The van der Waals surface area contributed by atoms with Crippen molar-refractivity contribution in [2.75, 3.05) is 0 Å². The Morgan fingerprint density at radius 1 is 0.900 bits per heavy atom. The van der Waals surface area contributed by atoms with Gasteiger partial charge in [0, 0.05) is 0 Å². The fourth-order valence-electron chi connectivity index (χ4n) is 3.68. The predicted molar refractivity (Wildman–Crippen MR) is 88.8 cm³/mol. The lowest BCUT2D eigenvalue weighted by Crippen LogP contribution is -2.47. The molecule has 0 saturated heterocycles. The molecule has 0 aliphatic heterocycles. The second kappa shape index (κ2) is 5.99. The third-order valence-corrected chi connectivity index (χ3v) is 6.59. The molecule has 0 amide bonds. The quantitative estimate of drug-likeness (QED) is 0.705. The van der Waals surface area contributed by atoms with E-state index in [-0.39, 0.29) is 5.41 Å². The largest absolute Gasteiger partial charge is 0.390 e. The molecule has 0 bridgehead atoms. The van der Waals surface area contributed by atoms with Crippen LogP contribution in [-0.2, 0) is 0 Å². The van der Waals surface area contributed by atoms with Gasteiger partial charge in [0.1, 0.15) is 0 Å². The van der Waals surface area contributed by atoms with Gasteiger partial charge in [-0.15, -0.1) is 0 Å². The number of aliphatic hydroxyl groups is 1. The van der Waals surface area contributed by atoms with Crippen LogP contribution < -0.4 is 0 Å². The van der Waals surface area contributed by atoms with Crippen molar-refractivity contribution in [3.05, 3.63) is 0 Å². The van der Waals surface area contributed by atoms with Gasteiger partial charge in [-0.25, -0.2) is 0 Å². The van der Waals surface area contributed by atoms with Crippen LogP contribution in [-0.4, -0.2) is 10.7 Å². The highest BCUT2D eigenvalue weighted by molar-refractivity contribution is 4.94. The highest BCUT2D eigenvalue weighted by Gasteiger charge is 2.43. The Morgan fingerprint density at radius 2 is 1.35 bits per heavy atom. The molecule has 0 spiro atoms. The first-order chi connectivity index (χ1) is 8.88. The smallest absolute Gasteiger partial charge is 0.0675 e. The van der Waals surface area contributed by atoms with E-state index in [0.29, 0.717) is 17.3 Å². The van der Waals surface area contributed by atoms with Crippen LogP contribution in [0.15, 0.2) is 0 Å². The molecule has 1 saturated carbocycles. The molecule has 20 heavy (non-hydrogen) atoms. The molecule has 120 valence electrons. The third-order valence-electron chi connectivity index (χ3n) is 6.59. The lowest BCUT2D eigenvalue weighted by Gasteiger charge is -2.46. The minimum absolute atomic E-state index is 0.0200. The molecule has 1 rings (SSSR count). The van der Waals surface area contributed by atoms with E-state index in [4.69, 9.17) is 0 Å². The van der Waals surface area contributed by atoms with Gasteiger partial charge in [0.05, 0.1) is 5.60 Å². The molecule has 0 aromatic carbocycles. The molecule has 1 aliphatic rings. The van der Waals surface area contributed by atoms with E-state index in [2.05, 4.69) is 55.4 Å². The van der Waals surface area contributed by atoms with E-state index >= 15 is 0 Å². The second-order valence-electron chi connectivity index (χ2n) is 9.44. The second-order valence-corrected chi connectivity index (χ2v) is 9.44.